The molecule has 1 rings (SSSR count). The van der Waals surface area contributed by atoms with E-state index in [2.05, 4.69) is 9.71 Å². The van der Waals surface area contributed by atoms with E-state index in [1.165, 1.54) is 11.3 Å². The third-order valence-electron chi connectivity index (χ3n) is 2.35. The van der Waals surface area contributed by atoms with Gasteiger partial charge in [0, 0.05) is 11.4 Å². The van der Waals surface area contributed by atoms with E-state index in [9.17, 15) is 8.42 Å². The zero-order chi connectivity index (χ0) is 14.0. The molecule has 104 valence electrons. The molecule has 1 aromatic heterocycles. The highest BCUT2D eigenvalue weighted by atomic mass is 32.2. The van der Waals surface area contributed by atoms with Crippen molar-refractivity contribution >= 4 is 26.5 Å². The fourth-order valence-electron chi connectivity index (χ4n) is 1.17. The summed E-state index contributed by atoms with van der Waals surface area (Å²) in [6.07, 6.45) is 0.605. The summed E-state index contributed by atoms with van der Waals surface area (Å²) >= 11 is 1.26. The molecule has 0 aliphatic heterocycles. The maximum absolute atomic E-state index is 11.9. The van der Waals surface area contributed by atoms with E-state index >= 15 is 0 Å². The molecule has 0 radical (unpaired) electrons. The van der Waals surface area contributed by atoms with Crippen LogP contribution in [0.1, 0.15) is 45.9 Å². The van der Waals surface area contributed by atoms with Crippen LogP contribution in [0, 0.1) is 5.41 Å². The zero-order valence-corrected chi connectivity index (χ0v) is 12.9. The molecule has 1 heterocycles. The third-order valence-corrected chi connectivity index (χ3v) is 4.50. The lowest BCUT2D eigenvalue weighted by molar-refractivity contribution is 0.397. The molecule has 0 aromatic carbocycles. The van der Waals surface area contributed by atoms with Gasteiger partial charge < -0.3 is 5.73 Å². The normalized spacial score (nSPS) is 14.5. The van der Waals surface area contributed by atoms with Gasteiger partial charge in [-0.15, -0.1) is 11.3 Å². The number of thiazole rings is 1. The molecule has 3 N–H and O–H groups in total. The number of nitrogens with one attached hydrogen (secondary N) is 1. The van der Waals surface area contributed by atoms with Crippen molar-refractivity contribution in [3.63, 3.8) is 0 Å². The van der Waals surface area contributed by atoms with Crippen LogP contribution in [0.4, 0.5) is 5.13 Å². The van der Waals surface area contributed by atoms with Gasteiger partial charge in [-0.25, -0.2) is 13.4 Å². The standard InChI is InChI=1S/C11H21N3O2S2/c1-8(12)9-7-17-10(13-9)14-18(15,16)6-5-11(2,3)4/h7-8H,5-6,12H2,1-4H3,(H,13,14). The highest BCUT2D eigenvalue weighted by Crippen LogP contribution is 2.22. The van der Waals surface area contributed by atoms with Crippen molar-refractivity contribution in [2.45, 2.75) is 40.2 Å². The van der Waals surface area contributed by atoms with Gasteiger partial charge in [-0.1, -0.05) is 20.8 Å². The van der Waals surface area contributed by atoms with Gasteiger partial charge in [0.05, 0.1) is 11.4 Å². The highest BCUT2D eigenvalue weighted by molar-refractivity contribution is 7.92. The minimum absolute atomic E-state index is 0.00540. The van der Waals surface area contributed by atoms with Gasteiger partial charge in [0.15, 0.2) is 5.13 Å². The van der Waals surface area contributed by atoms with Gasteiger partial charge in [-0.2, -0.15) is 0 Å². The Balaban J connectivity index is 2.65. The SMILES string of the molecule is CC(N)c1csc(NS(=O)(=O)CCC(C)(C)C)n1. The van der Waals surface area contributed by atoms with Gasteiger partial charge in [0.2, 0.25) is 10.0 Å². The molecule has 0 bridgehead atoms. The lowest BCUT2D eigenvalue weighted by Crippen LogP contribution is -2.21. The molecule has 0 amide bonds. The number of aromatic nitrogens is 1. The van der Waals surface area contributed by atoms with Crippen LogP contribution >= 0.6 is 11.3 Å². The average molecular weight is 291 g/mol. The molecule has 1 aromatic rings. The Hall–Kier alpha value is -0.660. The van der Waals surface area contributed by atoms with E-state index in [0.29, 0.717) is 17.2 Å². The zero-order valence-electron chi connectivity index (χ0n) is 11.2. The maximum Gasteiger partial charge on any atom is 0.234 e. The minimum Gasteiger partial charge on any atom is -0.323 e. The monoisotopic (exact) mass is 291 g/mol. The summed E-state index contributed by atoms with van der Waals surface area (Å²) in [5, 5.41) is 2.16. The lowest BCUT2D eigenvalue weighted by atomic mass is 9.94. The van der Waals surface area contributed by atoms with Crippen LogP contribution in [-0.2, 0) is 10.0 Å². The Morgan fingerprint density at radius 2 is 2.11 bits per heavy atom. The Kier molecular flexibility index (Phi) is 4.74. The molecule has 0 spiro atoms. The Bertz CT molecular complexity index is 487. The summed E-state index contributed by atoms with van der Waals surface area (Å²) in [5.74, 6) is 0.101. The van der Waals surface area contributed by atoms with Crippen LogP contribution < -0.4 is 10.5 Å². The molecule has 1 atom stereocenters. The van der Waals surface area contributed by atoms with E-state index in [4.69, 9.17) is 5.73 Å². The Morgan fingerprint density at radius 3 is 2.56 bits per heavy atom. The lowest BCUT2D eigenvalue weighted by Gasteiger charge is -2.17. The van der Waals surface area contributed by atoms with Crippen molar-refractivity contribution in [2.75, 3.05) is 10.5 Å². The first-order valence-electron chi connectivity index (χ1n) is 5.80. The molecule has 0 fully saturated rings. The second-order valence-corrected chi connectivity index (χ2v) is 8.30. The van der Waals surface area contributed by atoms with Crippen molar-refractivity contribution < 1.29 is 8.42 Å². The van der Waals surface area contributed by atoms with E-state index in [0.717, 1.165) is 0 Å². The van der Waals surface area contributed by atoms with Crippen LogP contribution in [-0.4, -0.2) is 19.2 Å². The van der Waals surface area contributed by atoms with Gasteiger partial charge >= 0.3 is 0 Å². The minimum atomic E-state index is -3.32. The number of nitrogens with two attached hydrogens (primary N) is 1. The number of nitrogens with zero attached hydrogens (tertiary/aromatic N) is 1. The van der Waals surface area contributed by atoms with Gasteiger partial charge in [0.25, 0.3) is 0 Å². The average Bonchev–Trinajstić information content (AvgIpc) is 2.62. The molecular weight excluding hydrogens is 270 g/mol. The summed E-state index contributed by atoms with van der Waals surface area (Å²) in [4.78, 5) is 4.14. The van der Waals surface area contributed by atoms with Crippen LogP contribution in [0.5, 0.6) is 0 Å². The first-order chi connectivity index (χ1) is 8.09. The number of anilines is 1. The van der Waals surface area contributed by atoms with Crippen molar-refractivity contribution in [1.29, 1.82) is 0 Å². The summed E-state index contributed by atoms with van der Waals surface area (Å²) < 4.78 is 26.2. The summed E-state index contributed by atoms with van der Waals surface area (Å²) in [5.41, 5.74) is 6.37. The fourth-order valence-corrected chi connectivity index (χ4v) is 3.69. The fraction of sp³-hybridized carbons (Fsp3) is 0.727. The largest absolute Gasteiger partial charge is 0.323 e. The molecule has 18 heavy (non-hydrogen) atoms. The van der Waals surface area contributed by atoms with Crippen molar-refractivity contribution in [2.24, 2.45) is 11.1 Å². The van der Waals surface area contributed by atoms with E-state index in [-0.39, 0.29) is 17.2 Å². The van der Waals surface area contributed by atoms with Gasteiger partial charge in [-0.3, -0.25) is 4.72 Å². The van der Waals surface area contributed by atoms with Crippen molar-refractivity contribution in [3.8, 4) is 0 Å². The van der Waals surface area contributed by atoms with Crippen LogP contribution in [0.3, 0.4) is 0 Å². The maximum atomic E-state index is 11.9. The third kappa shape index (κ3) is 5.32. The topological polar surface area (TPSA) is 85.1 Å². The molecule has 7 heteroatoms. The van der Waals surface area contributed by atoms with Gasteiger partial charge in [-0.05, 0) is 18.8 Å². The molecule has 5 nitrogen and oxygen atoms in total. The smallest absolute Gasteiger partial charge is 0.234 e. The quantitative estimate of drug-likeness (QED) is 0.872. The van der Waals surface area contributed by atoms with Crippen molar-refractivity contribution in [1.82, 2.24) is 4.98 Å². The summed E-state index contributed by atoms with van der Waals surface area (Å²) in [6.45, 7) is 7.85. The Morgan fingerprint density at radius 1 is 1.50 bits per heavy atom. The number of rotatable bonds is 5. The first-order valence-corrected chi connectivity index (χ1v) is 8.34. The predicted octanol–water partition coefficient (Wildman–Crippen LogP) is 2.34. The highest BCUT2D eigenvalue weighted by Gasteiger charge is 2.18. The van der Waals surface area contributed by atoms with E-state index in [1.54, 1.807) is 5.38 Å². The first kappa shape index (κ1) is 15.4. The predicted molar refractivity (Wildman–Crippen MR) is 76.2 cm³/mol. The molecule has 0 aliphatic rings. The van der Waals surface area contributed by atoms with Crippen LogP contribution in [0.2, 0.25) is 0 Å². The molecule has 0 saturated carbocycles. The van der Waals surface area contributed by atoms with E-state index < -0.39 is 10.0 Å². The summed E-state index contributed by atoms with van der Waals surface area (Å²) in [6, 6.07) is -0.186. The Labute approximate surface area is 113 Å². The molecule has 0 saturated heterocycles. The van der Waals surface area contributed by atoms with E-state index in [1.807, 2.05) is 27.7 Å². The summed E-state index contributed by atoms with van der Waals surface area (Å²) in [7, 11) is -3.32. The van der Waals surface area contributed by atoms with Crippen LogP contribution in [0.15, 0.2) is 5.38 Å². The number of hydrogen-bond acceptors (Lipinski definition) is 5. The molecule has 1 unspecified atom stereocenters. The number of sulfonamides is 1. The second-order valence-electron chi connectivity index (χ2n) is 5.60. The molecular formula is C11H21N3O2S2. The van der Waals surface area contributed by atoms with Crippen LogP contribution in [0.25, 0.3) is 0 Å². The van der Waals surface area contributed by atoms with Gasteiger partial charge in [0.1, 0.15) is 0 Å². The second kappa shape index (κ2) is 5.54. The number of hydrogen-bond donors (Lipinski definition) is 2. The molecule has 0 aliphatic carbocycles. The van der Waals surface area contributed by atoms with Crippen molar-refractivity contribution in [3.05, 3.63) is 11.1 Å².